The zero-order valence-electron chi connectivity index (χ0n) is 10.7. The van der Waals surface area contributed by atoms with Gasteiger partial charge in [-0.15, -0.1) is 0 Å². The molecule has 2 aromatic carbocycles. The van der Waals surface area contributed by atoms with Gasteiger partial charge in [0.15, 0.2) is 0 Å². The van der Waals surface area contributed by atoms with E-state index >= 15 is 0 Å². The number of hydrogen-bond acceptors (Lipinski definition) is 3. The van der Waals surface area contributed by atoms with Gasteiger partial charge < -0.3 is 5.73 Å². The summed E-state index contributed by atoms with van der Waals surface area (Å²) in [6.07, 6.45) is 0. The maximum absolute atomic E-state index is 12.1. The third kappa shape index (κ3) is 3.67. The Morgan fingerprint density at radius 3 is 2.45 bits per heavy atom. The molecule has 0 heterocycles. The molecule has 106 valence electrons. The van der Waals surface area contributed by atoms with Crippen molar-refractivity contribution in [3.63, 3.8) is 0 Å². The van der Waals surface area contributed by atoms with Crippen molar-refractivity contribution < 1.29 is 8.42 Å². The number of benzene rings is 2. The average Bonchev–Trinajstić information content (AvgIpc) is 2.47. The van der Waals surface area contributed by atoms with Crippen molar-refractivity contribution in [2.75, 3.05) is 0 Å². The number of sulfonamides is 1. The quantitative estimate of drug-likeness (QED) is 0.865. The Kier molecular flexibility index (Phi) is 4.93. The van der Waals surface area contributed by atoms with Gasteiger partial charge in [-0.25, -0.2) is 13.1 Å². The monoisotopic (exact) mass is 354 g/mol. The molecule has 0 saturated carbocycles. The van der Waals surface area contributed by atoms with Crippen molar-refractivity contribution in [2.24, 2.45) is 5.73 Å². The van der Waals surface area contributed by atoms with Gasteiger partial charge in [0.05, 0.1) is 4.90 Å². The van der Waals surface area contributed by atoms with Gasteiger partial charge in [0.25, 0.3) is 0 Å². The van der Waals surface area contributed by atoms with Crippen LogP contribution in [0.2, 0.25) is 0 Å². The molecule has 20 heavy (non-hydrogen) atoms. The van der Waals surface area contributed by atoms with Crippen LogP contribution < -0.4 is 10.5 Å². The topological polar surface area (TPSA) is 72.2 Å². The van der Waals surface area contributed by atoms with E-state index in [1.54, 1.807) is 30.3 Å². The van der Waals surface area contributed by atoms with E-state index in [9.17, 15) is 8.42 Å². The second kappa shape index (κ2) is 6.49. The van der Waals surface area contributed by atoms with Crippen molar-refractivity contribution in [1.29, 1.82) is 0 Å². The first-order valence-electron chi connectivity index (χ1n) is 6.05. The molecule has 6 heteroatoms. The summed E-state index contributed by atoms with van der Waals surface area (Å²) in [4.78, 5) is 0.260. The van der Waals surface area contributed by atoms with Crippen molar-refractivity contribution in [2.45, 2.75) is 18.0 Å². The normalized spacial score (nSPS) is 11.5. The van der Waals surface area contributed by atoms with Crippen molar-refractivity contribution in [1.82, 2.24) is 4.72 Å². The Bertz CT molecular complexity index is 688. The third-order valence-corrected chi connectivity index (χ3v) is 5.04. The lowest BCUT2D eigenvalue weighted by Gasteiger charge is -2.09. The highest BCUT2D eigenvalue weighted by Crippen LogP contribution is 2.18. The van der Waals surface area contributed by atoms with Crippen LogP contribution in [-0.2, 0) is 23.1 Å². The molecule has 0 aliphatic rings. The number of nitrogens with one attached hydrogen (secondary N) is 1. The molecule has 0 radical (unpaired) electrons. The van der Waals surface area contributed by atoms with Crippen LogP contribution in [0, 0.1) is 0 Å². The minimum Gasteiger partial charge on any atom is -0.326 e. The van der Waals surface area contributed by atoms with E-state index in [-0.39, 0.29) is 11.4 Å². The molecule has 0 saturated heterocycles. The SMILES string of the molecule is NCc1cc(CNS(=O)(=O)c2ccccc2)ccc1Br. The number of halogens is 1. The van der Waals surface area contributed by atoms with Crippen LogP contribution in [0.1, 0.15) is 11.1 Å². The molecule has 0 aliphatic carbocycles. The highest BCUT2D eigenvalue weighted by atomic mass is 79.9. The zero-order valence-corrected chi connectivity index (χ0v) is 13.1. The lowest BCUT2D eigenvalue weighted by molar-refractivity contribution is 0.581. The van der Waals surface area contributed by atoms with E-state index in [2.05, 4.69) is 20.7 Å². The Balaban J connectivity index is 2.13. The smallest absolute Gasteiger partial charge is 0.240 e. The van der Waals surface area contributed by atoms with E-state index in [1.165, 1.54) is 0 Å². The van der Waals surface area contributed by atoms with Crippen molar-refractivity contribution in [3.05, 3.63) is 64.1 Å². The summed E-state index contributed by atoms with van der Waals surface area (Å²) in [5, 5.41) is 0. The Morgan fingerprint density at radius 1 is 1.10 bits per heavy atom. The molecule has 0 amide bonds. The molecular weight excluding hydrogens is 340 g/mol. The lowest BCUT2D eigenvalue weighted by atomic mass is 10.1. The average molecular weight is 355 g/mol. The summed E-state index contributed by atoms with van der Waals surface area (Å²) in [5.41, 5.74) is 7.44. The van der Waals surface area contributed by atoms with Crippen LogP contribution >= 0.6 is 15.9 Å². The van der Waals surface area contributed by atoms with Crippen LogP contribution in [0.5, 0.6) is 0 Å². The molecule has 2 rings (SSSR count). The van der Waals surface area contributed by atoms with Crippen LogP contribution in [0.3, 0.4) is 0 Å². The lowest BCUT2D eigenvalue weighted by Crippen LogP contribution is -2.23. The molecule has 0 aliphatic heterocycles. The third-order valence-electron chi connectivity index (χ3n) is 2.85. The Morgan fingerprint density at radius 2 is 1.80 bits per heavy atom. The second-order valence-electron chi connectivity index (χ2n) is 4.27. The van der Waals surface area contributed by atoms with Crippen LogP contribution in [0.25, 0.3) is 0 Å². The van der Waals surface area contributed by atoms with Gasteiger partial charge in [-0.2, -0.15) is 0 Å². The molecule has 0 aromatic heterocycles. The van der Waals surface area contributed by atoms with Crippen molar-refractivity contribution >= 4 is 26.0 Å². The van der Waals surface area contributed by atoms with Crippen LogP contribution in [-0.4, -0.2) is 8.42 Å². The zero-order chi connectivity index (χ0) is 14.6. The van der Waals surface area contributed by atoms with Gasteiger partial charge >= 0.3 is 0 Å². The van der Waals surface area contributed by atoms with Gasteiger partial charge in [0.2, 0.25) is 10.0 Å². The van der Waals surface area contributed by atoms with E-state index in [0.29, 0.717) is 6.54 Å². The van der Waals surface area contributed by atoms with Gasteiger partial charge in [-0.05, 0) is 29.3 Å². The van der Waals surface area contributed by atoms with Gasteiger partial charge in [0.1, 0.15) is 0 Å². The van der Waals surface area contributed by atoms with E-state index in [1.807, 2.05) is 18.2 Å². The predicted molar refractivity (Wildman–Crippen MR) is 82.5 cm³/mol. The molecule has 0 unspecified atom stereocenters. The standard InChI is InChI=1S/C14H15BrN2O2S/c15-14-7-6-11(8-12(14)9-16)10-17-20(18,19)13-4-2-1-3-5-13/h1-8,17H,9-10,16H2. The molecule has 0 spiro atoms. The molecule has 0 atom stereocenters. The molecule has 3 N–H and O–H groups in total. The summed E-state index contributed by atoms with van der Waals surface area (Å²) < 4.78 is 27.7. The summed E-state index contributed by atoms with van der Waals surface area (Å²) in [6.45, 7) is 0.636. The maximum atomic E-state index is 12.1. The maximum Gasteiger partial charge on any atom is 0.240 e. The van der Waals surface area contributed by atoms with Gasteiger partial charge in [0, 0.05) is 17.6 Å². The highest BCUT2D eigenvalue weighted by molar-refractivity contribution is 9.10. The first-order valence-corrected chi connectivity index (χ1v) is 8.32. The van der Waals surface area contributed by atoms with E-state index in [0.717, 1.165) is 15.6 Å². The number of nitrogens with two attached hydrogens (primary N) is 1. The van der Waals surface area contributed by atoms with Crippen molar-refractivity contribution in [3.8, 4) is 0 Å². The molecule has 0 fully saturated rings. The fourth-order valence-corrected chi connectivity index (χ4v) is 3.20. The van der Waals surface area contributed by atoms with Crippen LogP contribution in [0.15, 0.2) is 57.9 Å². The highest BCUT2D eigenvalue weighted by Gasteiger charge is 2.12. The Hall–Kier alpha value is -1.21. The minimum atomic E-state index is -3.48. The fraction of sp³-hybridized carbons (Fsp3) is 0.143. The molecule has 4 nitrogen and oxygen atoms in total. The number of hydrogen-bond donors (Lipinski definition) is 2. The summed E-state index contributed by atoms with van der Waals surface area (Å²) >= 11 is 3.40. The van der Waals surface area contributed by atoms with Crippen LogP contribution in [0.4, 0.5) is 0 Å². The number of rotatable bonds is 5. The predicted octanol–water partition coefficient (Wildman–Crippen LogP) is 2.39. The molecular formula is C14H15BrN2O2S. The first kappa shape index (κ1) is 15.2. The summed E-state index contributed by atoms with van der Waals surface area (Å²) in [7, 11) is -3.48. The van der Waals surface area contributed by atoms with Gasteiger partial charge in [-0.3, -0.25) is 0 Å². The van der Waals surface area contributed by atoms with E-state index < -0.39 is 10.0 Å². The Labute approximate surface area is 127 Å². The second-order valence-corrected chi connectivity index (χ2v) is 6.89. The minimum absolute atomic E-state index is 0.234. The largest absolute Gasteiger partial charge is 0.326 e. The molecule has 0 bridgehead atoms. The summed E-state index contributed by atoms with van der Waals surface area (Å²) in [5.74, 6) is 0. The van der Waals surface area contributed by atoms with Gasteiger partial charge in [-0.1, -0.05) is 46.3 Å². The molecule has 2 aromatic rings. The first-order chi connectivity index (χ1) is 9.53. The summed E-state index contributed by atoms with van der Waals surface area (Å²) in [6, 6.07) is 13.9. The van der Waals surface area contributed by atoms with E-state index in [4.69, 9.17) is 5.73 Å². The fourth-order valence-electron chi connectivity index (χ4n) is 1.76.